The van der Waals surface area contributed by atoms with E-state index in [1.165, 1.54) is 10.4 Å². The van der Waals surface area contributed by atoms with Crippen molar-refractivity contribution in [3.05, 3.63) is 29.3 Å². The zero-order valence-corrected chi connectivity index (χ0v) is 14.5. The molecule has 23 heavy (non-hydrogen) atoms. The average molecular weight is 360 g/mol. The Labute approximate surface area is 142 Å². The second-order valence-corrected chi connectivity index (χ2v) is 7.72. The van der Waals surface area contributed by atoms with Gasteiger partial charge < -0.3 is 11.1 Å². The van der Waals surface area contributed by atoms with Crippen molar-refractivity contribution in [2.75, 3.05) is 19.6 Å². The third-order valence-corrected chi connectivity index (χ3v) is 6.41. The largest absolute Gasteiger partial charge is 0.352 e. The summed E-state index contributed by atoms with van der Waals surface area (Å²) >= 11 is 0. The maximum atomic E-state index is 12.9. The van der Waals surface area contributed by atoms with Gasteiger partial charge in [-0.1, -0.05) is 12.5 Å². The Morgan fingerprint density at radius 1 is 1.30 bits per heavy atom. The first-order valence-electron chi connectivity index (χ1n) is 7.67. The first kappa shape index (κ1) is 18.2. The predicted octanol–water partition coefficient (Wildman–Crippen LogP) is 0.896. The van der Waals surface area contributed by atoms with Gasteiger partial charge in [0.05, 0.1) is 4.90 Å². The SMILES string of the molecule is Cl.NCC1CCCCN1S(=O)(=O)c1ccc2c(c1)C(=O)NCC2. The van der Waals surface area contributed by atoms with Gasteiger partial charge in [0.15, 0.2) is 0 Å². The van der Waals surface area contributed by atoms with Gasteiger partial charge in [-0.2, -0.15) is 4.31 Å². The highest BCUT2D eigenvalue weighted by Crippen LogP contribution is 2.27. The number of carbonyl (C=O) groups excluding carboxylic acids is 1. The first-order chi connectivity index (χ1) is 10.5. The Balaban J connectivity index is 0.00000192. The van der Waals surface area contributed by atoms with Gasteiger partial charge in [0.2, 0.25) is 10.0 Å². The van der Waals surface area contributed by atoms with Crippen LogP contribution in [0.25, 0.3) is 0 Å². The summed E-state index contributed by atoms with van der Waals surface area (Å²) in [6.45, 7) is 1.41. The molecule has 0 bridgehead atoms. The molecule has 1 aromatic rings. The summed E-state index contributed by atoms with van der Waals surface area (Å²) in [5, 5.41) is 2.75. The van der Waals surface area contributed by atoms with Crippen LogP contribution < -0.4 is 11.1 Å². The van der Waals surface area contributed by atoms with Crippen LogP contribution in [0.5, 0.6) is 0 Å². The zero-order valence-electron chi connectivity index (χ0n) is 12.8. The number of hydrogen-bond donors (Lipinski definition) is 2. The van der Waals surface area contributed by atoms with Crippen molar-refractivity contribution in [1.82, 2.24) is 9.62 Å². The van der Waals surface area contributed by atoms with Crippen LogP contribution in [0.4, 0.5) is 0 Å². The molecule has 2 aliphatic rings. The number of nitrogens with one attached hydrogen (secondary N) is 1. The van der Waals surface area contributed by atoms with Crippen LogP contribution in [0.15, 0.2) is 23.1 Å². The fraction of sp³-hybridized carbons (Fsp3) is 0.533. The topological polar surface area (TPSA) is 92.5 Å². The van der Waals surface area contributed by atoms with Gasteiger partial charge in [0.1, 0.15) is 0 Å². The van der Waals surface area contributed by atoms with E-state index in [-0.39, 0.29) is 29.3 Å². The molecule has 8 heteroatoms. The first-order valence-corrected chi connectivity index (χ1v) is 9.11. The number of halogens is 1. The lowest BCUT2D eigenvalue weighted by Crippen LogP contribution is -2.47. The summed E-state index contributed by atoms with van der Waals surface area (Å²) in [6.07, 6.45) is 3.37. The third kappa shape index (κ3) is 3.38. The van der Waals surface area contributed by atoms with E-state index in [9.17, 15) is 13.2 Å². The Bertz CT molecular complexity index is 693. The van der Waals surface area contributed by atoms with E-state index in [1.54, 1.807) is 12.1 Å². The van der Waals surface area contributed by atoms with E-state index in [4.69, 9.17) is 5.73 Å². The number of nitrogens with zero attached hydrogens (tertiary/aromatic N) is 1. The fourth-order valence-electron chi connectivity index (χ4n) is 3.21. The Morgan fingerprint density at radius 3 is 2.83 bits per heavy atom. The van der Waals surface area contributed by atoms with Gasteiger partial charge in [0, 0.05) is 31.2 Å². The monoisotopic (exact) mass is 359 g/mol. The molecule has 0 spiro atoms. The van der Waals surface area contributed by atoms with E-state index in [0.717, 1.165) is 31.2 Å². The molecule has 2 aliphatic heterocycles. The zero-order chi connectivity index (χ0) is 15.7. The molecule has 0 aromatic heterocycles. The van der Waals surface area contributed by atoms with Gasteiger partial charge in [-0.05, 0) is 37.0 Å². The molecule has 0 saturated carbocycles. The number of nitrogens with two attached hydrogens (primary N) is 1. The minimum absolute atomic E-state index is 0. The highest BCUT2D eigenvalue weighted by Gasteiger charge is 2.33. The molecule has 0 aliphatic carbocycles. The van der Waals surface area contributed by atoms with E-state index in [1.807, 2.05) is 0 Å². The summed E-state index contributed by atoms with van der Waals surface area (Å²) in [5.41, 5.74) is 7.10. The van der Waals surface area contributed by atoms with Crippen LogP contribution in [-0.2, 0) is 16.4 Å². The Kier molecular flexibility index (Phi) is 5.67. The third-order valence-electron chi connectivity index (χ3n) is 4.46. The summed E-state index contributed by atoms with van der Waals surface area (Å²) in [4.78, 5) is 12.1. The molecule has 1 unspecified atom stereocenters. The maximum absolute atomic E-state index is 12.9. The number of sulfonamides is 1. The molecule has 1 saturated heterocycles. The van der Waals surface area contributed by atoms with Crippen molar-refractivity contribution < 1.29 is 13.2 Å². The predicted molar refractivity (Wildman–Crippen MR) is 90.3 cm³/mol. The van der Waals surface area contributed by atoms with E-state index in [2.05, 4.69) is 5.32 Å². The number of carbonyl (C=O) groups is 1. The normalized spacial score (nSPS) is 22.0. The molecule has 6 nitrogen and oxygen atoms in total. The van der Waals surface area contributed by atoms with Crippen LogP contribution >= 0.6 is 12.4 Å². The van der Waals surface area contributed by atoms with E-state index in [0.29, 0.717) is 25.2 Å². The second kappa shape index (κ2) is 7.17. The Hall–Kier alpha value is -1.15. The number of benzene rings is 1. The van der Waals surface area contributed by atoms with Crippen molar-refractivity contribution in [2.24, 2.45) is 5.73 Å². The van der Waals surface area contributed by atoms with Crippen LogP contribution in [0.2, 0.25) is 0 Å². The molecule has 128 valence electrons. The van der Waals surface area contributed by atoms with Crippen molar-refractivity contribution in [2.45, 2.75) is 36.6 Å². The summed E-state index contributed by atoms with van der Waals surface area (Å²) in [7, 11) is -3.61. The second-order valence-electron chi connectivity index (χ2n) is 5.83. The van der Waals surface area contributed by atoms with Crippen molar-refractivity contribution >= 4 is 28.3 Å². The average Bonchev–Trinajstić information content (AvgIpc) is 2.55. The number of fused-ring (bicyclic) bond motifs is 1. The molecule has 2 heterocycles. The number of rotatable bonds is 3. The number of hydrogen-bond acceptors (Lipinski definition) is 4. The lowest BCUT2D eigenvalue weighted by molar-refractivity contribution is 0.0945. The number of piperidine rings is 1. The molecular formula is C15H22ClN3O3S. The van der Waals surface area contributed by atoms with Gasteiger partial charge >= 0.3 is 0 Å². The smallest absolute Gasteiger partial charge is 0.251 e. The van der Waals surface area contributed by atoms with Gasteiger partial charge in [0.25, 0.3) is 5.91 Å². The van der Waals surface area contributed by atoms with Gasteiger partial charge in [-0.15, -0.1) is 12.4 Å². The molecule has 1 amide bonds. The highest BCUT2D eigenvalue weighted by molar-refractivity contribution is 7.89. The quantitative estimate of drug-likeness (QED) is 0.838. The highest BCUT2D eigenvalue weighted by atomic mass is 35.5. The van der Waals surface area contributed by atoms with Crippen LogP contribution in [0, 0.1) is 0 Å². The molecule has 1 aromatic carbocycles. The minimum atomic E-state index is -3.61. The van der Waals surface area contributed by atoms with Gasteiger partial charge in [-0.25, -0.2) is 8.42 Å². The molecule has 1 fully saturated rings. The van der Waals surface area contributed by atoms with Crippen LogP contribution in [0.1, 0.15) is 35.2 Å². The van der Waals surface area contributed by atoms with Crippen molar-refractivity contribution in [3.8, 4) is 0 Å². The fourth-order valence-corrected chi connectivity index (χ4v) is 4.94. The maximum Gasteiger partial charge on any atom is 0.251 e. The lowest BCUT2D eigenvalue weighted by Gasteiger charge is -2.34. The molecule has 3 N–H and O–H groups in total. The van der Waals surface area contributed by atoms with Crippen LogP contribution in [-0.4, -0.2) is 44.3 Å². The lowest BCUT2D eigenvalue weighted by atomic mass is 10.0. The molecule has 0 radical (unpaired) electrons. The Morgan fingerprint density at radius 2 is 2.09 bits per heavy atom. The van der Waals surface area contributed by atoms with E-state index >= 15 is 0 Å². The summed E-state index contributed by atoms with van der Waals surface area (Å²) in [5.74, 6) is -0.202. The summed E-state index contributed by atoms with van der Waals surface area (Å²) < 4.78 is 27.3. The minimum Gasteiger partial charge on any atom is -0.352 e. The molecule has 1 atom stereocenters. The standard InChI is InChI=1S/C15H21N3O3S.ClH/c16-10-12-3-1-2-8-18(12)22(20,21)13-5-4-11-6-7-17-15(19)14(11)9-13;/h4-5,9,12H,1-3,6-8,10,16H2,(H,17,19);1H. The van der Waals surface area contributed by atoms with Crippen molar-refractivity contribution in [3.63, 3.8) is 0 Å². The number of amides is 1. The van der Waals surface area contributed by atoms with Crippen LogP contribution in [0.3, 0.4) is 0 Å². The van der Waals surface area contributed by atoms with Crippen molar-refractivity contribution in [1.29, 1.82) is 0 Å². The summed E-state index contributed by atoms with van der Waals surface area (Å²) in [6, 6.07) is 4.71. The molecule has 3 rings (SSSR count). The van der Waals surface area contributed by atoms with E-state index < -0.39 is 10.0 Å². The molecular weight excluding hydrogens is 338 g/mol. The van der Waals surface area contributed by atoms with Gasteiger partial charge in [-0.3, -0.25) is 4.79 Å².